The summed E-state index contributed by atoms with van der Waals surface area (Å²) in [6.07, 6.45) is 20.1. The van der Waals surface area contributed by atoms with Crippen LogP contribution in [0.2, 0.25) is 5.04 Å². The number of unbranched alkanes of at least 4 members (excludes halogenated alkanes) is 2. The number of hydrogen-bond donors (Lipinski definition) is 0. The Morgan fingerprint density at radius 2 is 1.08 bits per heavy atom. The largest absolute Gasteiger partial charge is 1.00 e. The van der Waals surface area contributed by atoms with Crippen molar-refractivity contribution in [2.45, 2.75) is 82.4 Å². The molecule has 0 saturated heterocycles. The van der Waals surface area contributed by atoms with E-state index in [4.69, 9.17) is 18.6 Å². The Balaban J connectivity index is 0.00000898. The molecule has 9 heteroatoms. The molecule has 5 aromatic rings. The summed E-state index contributed by atoms with van der Waals surface area (Å²) in [4.78, 5) is 0. The third kappa shape index (κ3) is 14.0. The highest BCUT2D eigenvalue weighted by molar-refractivity contribution is 8.16. The predicted octanol–water partition coefficient (Wildman–Crippen LogP) is 9.41. The molecule has 5 rings (SSSR count). The predicted molar refractivity (Wildman–Crippen MR) is 283 cm³/mol. The molecule has 1 atom stereocenters. The zero-order valence-electron chi connectivity index (χ0n) is 39.3. The lowest BCUT2D eigenvalue weighted by atomic mass is 10.1. The lowest BCUT2D eigenvalue weighted by Crippen LogP contribution is -3.00. The topological polar surface area (TPSA) is 36.9 Å². The second kappa shape index (κ2) is 27.2. The number of rotatable bonds is 25. The number of thioether (sulfide) groups is 2. The van der Waals surface area contributed by atoms with Crippen molar-refractivity contribution in [3.05, 3.63) is 170 Å². The lowest BCUT2D eigenvalue weighted by Gasteiger charge is -2.44. The standard InChI is InChI=1S/C55H70O4PS2Si.BrH/c1-9-61-54(62-10-2)40-23-13-11-12-17-28-45(59-63(55(3,4)5,52-36-19-14-20-37-52)53-38-21-15-22-39-53)29-18-16-24-41-60(49-33-25-30-46(42-49)56-6,50-34-26-31-47(43-50)57-7)51-35-27-32-48(44-51)58-8;/h12,14-22,24-27,29-39,42-45,54H,9-11,13,23,28,40-41H2,1-8H3;1H/q+1;/p-1/b17-12-,24-16+,29-18+;/t45-;/m1./s1. The van der Waals surface area contributed by atoms with Gasteiger partial charge in [-0.2, -0.15) is 0 Å². The molecule has 0 bridgehead atoms. The molecule has 0 N–H and O–H groups in total. The van der Waals surface area contributed by atoms with Crippen LogP contribution in [0.1, 0.15) is 66.7 Å². The molecular formula is C55H70BrO4PS2Si. The number of ether oxygens (including phenoxy) is 3. The lowest BCUT2D eigenvalue weighted by molar-refractivity contribution is -0.0000146. The molecule has 342 valence electrons. The Hall–Kier alpha value is -3.49. The number of halogens is 1. The molecule has 0 aliphatic rings. The van der Waals surface area contributed by atoms with Gasteiger partial charge in [-0.05, 0) is 95.1 Å². The van der Waals surface area contributed by atoms with E-state index in [1.165, 1.54) is 57.1 Å². The van der Waals surface area contributed by atoms with E-state index >= 15 is 0 Å². The first-order valence-corrected chi connectivity index (χ1v) is 28.5. The minimum Gasteiger partial charge on any atom is -1.00 e. The number of benzene rings is 5. The summed E-state index contributed by atoms with van der Waals surface area (Å²) in [5.74, 6) is 4.86. The highest BCUT2D eigenvalue weighted by Crippen LogP contribution is 2.56. The molecule has 0 spiro atoms. The molecule has 0 aliphatic carbocycles. The SMILES string of the molecule is CCSC(CCCC/C=C\C[C@H](/C=C/C=C/C[P+](c1cccc(OC)c1)(c1cccc(OC)c1)c1cccc(OC)c1)O[Si](c1ccccc1)(c1ccccc1)C(C)(C)C)SCC.[Br-]. The highest BCUT2D eigenvalue weighted by atomic mass is 79.9. The van der Waals surface area contributed by atoms with Crippen LogP contribution in [-0.2, 0) is 4.43 Å². The summed E-state index contributed by atoms with van der Waals surface area (Å²) >= 11 is 4.19. The maximum absolute atomic E-state index is 7.75. The van der Waals surface area contributed by atoms with E-state index in [-0.39, 0.29) is 28.1 Å². The van der Waals surface area contributed by atoms with Gasteiger partial charge in [0.15, 0.2) is 0 Å². The summed E-state index contributed by atoms with van der Waals surface area (Å²) < 4.78 is 25.9. The second-order valence-electron chi connectivity index (χ2n) is 16.6. The van der Waals surface area contributed by atoms with E-state index < -0.39 is 15.6 Å². The fourth-order valence-electron chi connectivity index (χ4n) is 8.39. The third-order valence-electron chi connectivity index (χ3n) is 11.5. The van der Waals surface area contributed by atoms with Gasteiger partial charge in [-0.1, -0.05) is 150 Å². The summed E-state index contributed by atoms with van der Waals surface area (Å²) in [6.45, 7) is 11.6. The van der Waals surface area contributed by atoms with E-state index in [0.717, 1.165) is 36.3 Å². The van der Waals surface area contributed by atoms with Gasteiger partial charge in [-0.15, -0.1) is 23.5 Å². The van der Waals surface area contributed by atoms with E-state index in [1.807, 2.05) is 18.2 Å². The van der Waals surface area contributed by atoms with Crippen LogP contribution in [0.5, 0.6) is 17.2 Å². The fraction of sp³-hybridized carbons (Fsp3) is 0.345. The van der Waals surface area contributed by atoms with Gasteiger partial charge in [0.1, 0.15) is 40.4 Å². The van der Waals surface area contributed by atoms with Gasteiger partial charge in [0, 0.05) is 18.2 Å². The Labute approximate surface area is 407 Å². The van der Waals surface area contributed by atoms with Crippen LogP contribution in [0.3, 0.4) is 0 Å². The summed E-state index contributed by atoms with van der Waals surface area (Å²) in [5.41, 5.74) is 0. The van der Waals surface area contributed by atoms with Crippen LogP contribution in [0.4, 0.5) is 0 Å². The average molecular weight is 998 g/mol. The van der Waals surface area contributed by atoms with Crippen molar-refractivity contribution >= 4 is 65.4 Å². The van der Waals surface area contributed by atoms with Crippen molar-refractivity contribution in [3.8, 4) is 17.2 Å². The van der Waals surface area contributed by atoms with E-state index in [0.29, 0.717) is 4.58 Å². The minimum atomic E-state index is -2.82. The third-order valence-corrected chi connectivity index (χ3v) is 23.5. The van der Waals surface area contributed by atoms with Crippen molar-refractivity contribution in [1.82, 2.24) is 0 Å². The first kappa shape index (κ1) is 53.1. The van der Waals surface area contributed by atoms with Crippen LogP contribution >= 0.6 is 30.8 Å². The quantitative estimate of drug-likeness (QED) is 0.0145. The van der Waals surface area contributed by atoms with Gasteiger partial charge in [0.25, 0.3) is 8.32 Å². The van der Waals surface area contributed by atoms with Crippen LogP contribution in [0.15, 0.2) is 170 Å². The first-order chi connectivity index (χ1) is 30.6. The number of methoxy groups -OCH3 is 3. The van der Waals surface area contributed by atoms with Crippen molar-refractivity contribution in [1.29, 1.82) is 0 Å². The Kier molecular flexibility index (Phi) is 22.6. The molecule has 5 aromatic carbocycles. The molecule has 64 heavy (non-hydrogen) atoms. The van der Waals surface area contributed by atoms with Gasteiger partial charge in [0.2, 0.25) is 0 Å². The highest BCUT2D eigenvalue weighted by Gasteiger charge is 2.51. The number of allylic oxidation sites excluding steroid dienone is 4. The second-order valence-corrected chi connectivity index (χ2v) is 27.6. The van der Waals surface area contributed by atoms with Gasteiger partial charge in [-0.3, -0.25) is 0 Å². The van der Waals surface area contributed by atoms with Crippen molar-refractivity contribution in [2.24, 2.45) is 0 Å². The summed E-state index contributed by atoms with van der Waals surface area (Å²) in [7, 11) is 0.0580. The normalized spacial score (nSPS) is 12.8. The van der Waals surface area contributed by atoms with E-state index in [2.05, 4.69) is 210 Å². The van der Waals surface area contributed by atoms with Crippen LogP contribution in [-0.4, -0.2) is 58.0 Å². The Morgan fingerprint density at radius 1 is 0.594 bits per heavy atom. The number of hydrogen-bond acceptors (Lipinski definition) is 6. The molecular weight excluding hydrogens is 928 g/mol. The Morgan fingerprint density at radius 3 is 1.52 bits per heavy atom. The molecule has 4 nitrogen and oxygen atoms in total. The Bertz CT molecular complexity index is 2030. The molecule has 0 amide bonds. The molecule has 0 aromatic heterocycles. The smallest absolute Gasteiger partial charge is 0.261 e. The zero-order chi connectivity index (χ0) is 45.0. The molecule has 0 unspecified atom stereocenters. The molecule has 0 radical (unpaired) electrons. The monoisotopic (exact) mass is 996 g/mol. The van der Waals surface area contributed by atoms with Crippen molar-refractivity contribution < 1.29 is 35.6 Å². The first-order valence-electron chi connectivity index (χ1n) is 22.5. The van der Waals surface area contributed by atoms with Crippen molar-refractivity contribution in [3.63, 3.8) is 0 Å². The minimum absolute atomic E-state index is 0. The maximum atomic E-state index is 7.75. The molecule has 0 fully saturated rings. The van der Waals surface area contributed by atoms with Gasteiger partial charge >= 0.3 is 0 Å². The average Bonchev–Trinajstić information content (AvgIpc) is 3.31. The molecule has 0 aliphatic heterocycles. The van der Waals surface area contributed by atoms with Crippen molar-refractivity contribution in [2.75, 3.05) is 39.0 Å². The fourth-order valence-corrected chi connectivity index (χ4v) is 19.7. The molecule has 0 saturated carbocycles. The van der Waals surface area contributed by atoms with Gasteiger partial charge in [0.05, 0.1) is 38.2 Å². The van der Waals surface area contributed by atoms with Crippen LogP contribution in [0.25, 0.3) is 0 Å². The summed E-state index contributed by atoms with van der Waals surface area (Å²) in [6, 6.07) is 47.6. The maximum Gasteiger partial charge on any atom is 0.261 e. The van der Waals surface area contributed by atoms with E-state index in [1.54, 1.807) is 21.3 Å². The van der Waals surface area contributed by atoms with Crippen LogP contribution < -0.4 is 57.5 Å². The van der Waals surface area contributed by atoms with Gasteiger partial charge < -0.3 is 35.6 Å². The zero-order valence-corrected chi connectivity index (χ0v) is 44.4. The van der Waals surface area contributed by atoms with Crippen LogP contribution in [0, 0.1) is 0 Å². The molecule has 0 heterocycles. The van der Waals surface area contributed by atoms with E-state index in [9.17, 15) is 0 Å². The summed E-state index contributed by atoms with van der Waals surface area (Å²) in [5, 5.41) is 6.10. The van der Waals surface area contributed by atoms with Gasteiger partial charge in [-0.25, -0.2) is 0 Å².